The number of hydrogen-bond acceptors (Lipinski definition) is 4. The monoisotopic (exact) mass is 524 g/mol. The Morgan fingerprint density at radius 2 is 1.82 bits per heavy atom. The molecule has 206 valence electrons. The quantitative estimate of drug-likeness (QED) is 0.170. The third kappa shape index (κ3) is 8.14. The molecule has 1 saturated carbocycles. The lowest BCUT2D eigenvalue weighted by molar-refractivity contribution is -0.111. The SMILES string of the molecule is C=C1CC(CC)C(C)(CN(C)Cc2ccc(/C=C/C(=O)Nc3cc(-c4ccncc4)ccc3N)cc2)C1.CC. The van der Waals surface area contributed by atoms with Crippen molar-refractivity contribution in [2.45, 2.75) is 53.5 Å². The van der Waals surface area contributed by atoms with Crippen LogP contribution < -0.4 is 11.1 Å². The molecule has 3 N–H and O–H groups in total. The lowest BCUT2D eigenvalue weighted by atomic mass is 9.78. The lowest BCUT2D eigenvalue weighted by Gasteiger charge is -2.35. The van der Waals surface area contributed by atoms with Gasteiger partial charge in [0.25, 0.3) is 0 Å². The fourth-order valence-electron chi connectivity index (χ4n) is 5.66. The van der Waals surface area contributed by atoms with Gasteiger partial charge in [-0.3, -0.25) is 9.78 Å². The molecule has 4 rings (SSSR count). The summed E-state index contributed by atoms with van der Waals surface area (Å²) in [5, 5.41) is 2.90. The van der Waals surface area contributed by atoms with Crippen molar-refractivity contribution in [3.05, 3.63) is 96.3 Å². The van der Waals surface area contributed by atoms with E-state index in [1.165, 1.54) is 17.6 Å². The lowest BCUT2D eigenvalue weighted by Crippen LogP contribution is -2.35. The van der Waals surface area contributed by atoms with Gasteiger partial charge in [-0.05, 0) is 83.8 Å². The Morgan fingerprint density at radius 3 is 2.49 bits per heavy atom. The zero-order valence-electron chi connectivity index (χ0n) is 24.2. The van der Waals surface area contributed by atoms with E-state index in [1.807, 2.05) is 44.2 Å². The number of nitrogens with two attached hydrogens (primary N) is 1. The van der Waals surface area contributed by atoms with E-state index in [-0.39, 0.29) is 5.91 Å². The molecule has 1 heterocycles. The van der Waals surface area contributed by atoms with Crippen LogP contribution in [0.25, 0.3) is 17.2 Å². The summed E-state index contributed by atoms with van der Waals surface area (Å²) in [5.41, 5.74) is 13.1. The number of pyridine rings is 1. The van der Waals surface area contributed by atoms with Gasteiger partial charge in [0, 0.05) is 31.6 Å². The summed E-state index contributed by atoms with van der Waals surface area (Å²) in [6.45, 7) is 14.9. The second-order valence-corrected chi connectivity index (χ2v) is 10.7. The molecule has 2 aromatic carbocycles. The van der Waals surface area contributed by atoms with Gasteiger partial charge >= 0.3 is 0 Å². The number of carbonyl (C=O) groups is 1. The zero-order chi connectivity index (χ0) is 28.4. The molecule has 2 unspecified atom stereocenters. The highest BCUT2D eigenvalue weighted by molar-refractivity contribution is 6.04. The minimum atomic E-state index is -0.223. The van der Waals surface area contributed by atoms with E-state index < -0.39 is 0 Å². The largest absolute Gasteiger partial charge is 0.397 e. The number of allylic oxidation sites excluding steroid dienone is 1. The Kier molecular flexibility index (Phi) is 10.6. The second kappa shape index (κ2) is 13.9. The number of benzene rings is 2. The van der Waals surface area contributed by atoms with Gasteiger partial charge in [0.1, 0.15) is 0 Å². The molecular weight excluding hydrogens is 480 g/mol. The van der Waals surface area contributed by atoms with Crippen LogP contribution in [0.15, 0.2) is 85.2 Å². The van der Waals surface area contributed by atoms with Crippen LogP contribution in [0.3, 0.4) is 0 Å². The van der Waals surface area contributed by atoms with Gasteiger partial charge in [-0.2, -0.15) is 0 Å². The van der Waals surface area contributed by atoms with Crippen molar-refractivity contribution < 1.29 is 4.79 Å². The van der Waals surface area contributed by atoms with E-state index in [4.69, 9.17) is 5.73 Å². The summed E-state index contributed by atoms with van der Waals surface area (Å²) in [6, 6.07) is 17.8. The first kappa shape index (κ1) is 29.9. The molecule has 2 atom stereocenters. The Hall–Kier alpha value is -3.70. The van der Waals surface area contributed by atoms with E-state index in [0.717, 1.165) is 48.5 Å². The molecule has 39 heavy (non-hydrogen) atoms. The number of hydrogen-bond donors (Lipinski definition) is 2. The highest BCUT2D eigenvalue weighted by Crippen LogP contribution is 2.47. The van der Waals surface area contributed by atoms with Crippen molar-refractivity contribution in [3.8, 4) is 11.1 Å². The average Bonchev–Trinajstić information content (AvgIpc) is 3.23. The summed E-state index contributed by atoms with van der Waals surface area (Å²) in [4.78, 5) is 19.1. The van der Waals surface area contributed by atoms with Crippen LogP contribution in [0.4, 0.5) is 11.4 Å². The van der Waals surface area contributed by atoms with E-state index >= 15 is 0 Å². The summed E-state index contributed by atoms with van der Waals surface area (Å²) in [7, 11) is 2.20. The molecule has 0 aliphatic heterocycles. The zero-order valence-corrected chi connectivity index (χ0v) is 24.2. The summed E-state index contributed by atoms with van der Waals surface area (Å²) >= 11 is 0. The fraction of sp³-hybridized carbons (Fsp3) is 0.353. The molecule has 0 radical (unpaired) electrons. The number of anilines is 2. The van der Waals surface area contributed by atoms with Gasteiger partial charge in [-0.1, -0.05) is 76.6 Å². The topological polar surface area (TPSA) is 71.2 Å². The smallest absolute Gasteiger partial charge is 0.248 e. The number of nitrogens with one attached hydrogen (secondary N) is 1. The maximum atomic E-state index is 12.6. The normalized spacial score (nSPS) is 18.7. The standard InChI is InChI=1S/C32H38N4O.C2H6/c1-5-28-18-23(2)20-32(28,3)22-36(4)21-25-8-6-24(7-9-25)10-13-31(37)35-30-19-27(11-12-29(30)33)26-14-16-34-17-15-26;1-2/h6-17,19,28H,2,5,18,20-22,33H2,1,3-4H3,(H,35,37);1-2H3/b13-10+;. The van der Waals surface area contributed by atoms with Crippen LogP contribution >= 0.6 is 0 Å². The van der Waals surface area contributed by atoms with Crippen LogP contribution in [0.5, 0.6) is 0 Å². The predicted octanol–water partition coefficient (Wildman–Crippen LogP) is 7.82. The molecule has 0 bridgehead atoms. The van der Waals surface area contributed by atoms with Crippen LogP contribution in [-0.2, 0) is 11.3 Å². The molecule has 1 aromatic heterocycles. The first-order chi connectivity index (χ1) is 18.8. The molecular formula is C34H44N4O. The molecule has 3 aromatic rings. The number of amides is 1. The summed E-state index contributed by atoms with van der Waals surface area (Å²) < 4.78 is 0. The maximum Gasteiger partial charge on any atom is 0.248 e. The van der Waals surface area contributed by atoms with E-state index in [1.54, 1.807) is 24.5 Å². The fourth-order valence-corrected chi connectivity index (χ4v) is 5.66. The Labute approximate surface area is 234 Å². The molecule has 5 nitrogen and oxygen atoms in total. The van der Waals surface area contributed by atoms with E-state index in [9.17, 15) is 4.79 Å². The minimum Gasteiger partial charge on any atom is -0.397 e. The van der Waals surface area contributed by atoms with E-state index in [2.05, 4.69) is 66.9 Å². The number of nitrogen functional groups attached to an aromatic ring is 1. The number of rotatable bonds is 9. The van der Waals surface area contributed by atoms with Crippen molar-refractivity contribution in [3.63, 3.8) is 0 Å². The first-order valence-corrected chi connectivity index (χ1v) is 14.0. The van der Waals surface area contributed by atoms with Gasteiger partial charge in [-0.15, -0.1) is 0 Å². The van der Waals surface area contributed by atoms with Crippen molar-refractivity contribution >= 4 is 23.4 Å². The van der Waals surface area contributed by atoms with Crippen LogP contribution in [0.1, 0.15) is 58.1 Å². The average molecular weight is 525 g/mol. The highest BCUT2D eigenvalue weighted by Gasteiger charge is 2.39. The molecule has 0 saturated heterocycles. The van der Waals surface area contributed by atoms with Crippen LogP contribution in [0.2, 0.25) is 0 Å². The predicted molar refractivity (Wildman–Crippen MR) is 166 cm³/mol. The van der Waals surface area contributed by atoms with Crippen molar-refractivity contribution in [2.75, 3.05) is 24.6 Å². The second-order valence-electron chi connectivity index (χ2n) is 10.7. The Morgan fingerprint density at radius 1 is 1.13 bits per heavy atom. The number of nitrogens with zero attached hydrogens (tertiary/aromatic N) is 2. The van der Waals surface area contributed by atoms with E-state index in [0.29, 0.717) is 16.8 Å². The molecule has 5 heteroatoms. The third-order valence-electron chi connectivity index (χ3n) is 7.48. The summed E-state index contributed by atoms with van der Waals surface area (Å²) in [6.07, 6.45) is 10.3. The van der Waals surface area contributed by atoms with Crippen LogP contribution in [0, 0.1) is 11.3 Å². The van der Waals surface area contributed by atoms with Crippen molar-refractivity contribution in [1.29, 1.82) is 0 Å². The maximum absolute atomic E-state index is 12.6. The Bertz CT molecular complexity index is 1270. The number of aromatic nitrogens is 1. The number of carbonyl (C=O) groups excluding carboxylic acids is 1. The van der Waals surface area contributed by atoms with Gasteiger partial charge in [0.15, 0.2) is 0 Å². The molecule has 1 aliphatic rings. The molecule has 1 amide bonds. The third-order valence-corrected chi connectivity index (χ3v) is 7.48. The molecule has 1 aliphatic carbocycles. The molecule has 0 spiro atoms. The summed E-state index contributed by atoms with van der Waals surface area (Å²) in [5.74, 6) is 0.494. The molecule has 1 fully saturated rings. The van der Waals surface area contributed by atoms with Crippen molar-refractivity contribution in [1.82, 2.24) is 9.88 Å². The van der Waals surface area contributed by atoms with Crippen molar-refractivity contribution in [2.24, 2.45) is 11.3 Å². The van der Waals surface area contributed by atoms with Gasteiger partial charge in [0.05, 0.1) is 11.4 Å². The van der Waals surface area contributed by atoms with Gasteiger partial charge < -0.3 is 16.0 Å². The van der Waals surface area contributed by atoms with Gasteiger partial charge in [-0.25, -0.2) is 0 Å². The minimum absolute atomic E-state index is 0.223. The highest BCUT2D eigenvalue weighted by atomic mass is 16.1. The Balaban J connectivity index is 0.00000205. The first-order valence-electron chi connectivity index (χ1n) is 14.0. The van der Waals surface area contributed by atoms with Gasteiger partial charge in [0.2, 0.25) is 5.91 Å². The van der Waals surface area contributed by atoms with Crippen LogP contribution in [-0.4, -0.2) is 29.4 Å².